The number of benzene rings is 1. The summed E-state index contributed by atoms with van der Waals surface area (Å²) in [6.07, 6.45) is 2.00. The van der Waals surface area contributed by atoms with Crippen LogP contribution in [0.2, 0.25) is 0 Å². The van der Waals surface area contributed by atoms with E-state index >= 15 is 0 Å². The molecule has 1 aromatic carbocycles. The number of rotatable bonds is 5. The van der Waals surface area contributed by atoms with E-state index in [1.807, 2.05) is 31.4 Å². The lowest BCUT2D eigenvalue weighted by Crippen LogP contribution is -2.54. The zero-order valence-corrected chi connectivity index (χ0v) is 15.9. The Morgan fingerprint density at radius 3 is 2.40 bits per heavy atom. The molecule has 0 spiro atoms. The molecule has 5 nitrogen and oxygen atoms in total. The largest absolute Gasteiger partial charge is 0.341 e. The summed E-state index contributed by atoms with van der Waals surface area (Å²) >= 11 is 0. The molecule has 1 unspecified atom stereocenters. The van der Waals surface area contributed by atoms with Gasteiger partial charge in [0, 0.05) is 43.8 Å². The van der Waals surface area contributed by atoms with Crippen LogP contribution in [0.5, 0.6) is 0 Å². The first-order valence-electron chi connectivity index (χ1n) is 9.23. The molecule has 1 saturated heterocycles. The summed E-state index contributed by atoms with van der Waals surface area (Å²) in [6.45, 7) is 12.2. The van der Waals surface area contributed by atoms with E-state index in [9.17, 15) is 0 Å². The van der Waals surface area contributed by atoms with E-state index in [0.717, 1.165) is 44.1 Å². The highest BCUT2D eigenvalue weighted by molar-refractivity contribution is 5.54. The third-order valence-corrected chi connectivity index (χ3v) is 5.10. The van der Waals surface area contributed by atoms with Gasteiger partial charge in [-0.3, -0.25) is 9.80 Å². The lowest BCUT2D eigenvalue weighted by Gasteiger charge is -2.44. The van der Waals surface area contributed by atoms with Crippen molar-refractivity contribution in [3.8, 4) is 11.4 Å². The van der Waals surface area contributed by atoms with Gasteiger partial charge in [-0.15, -0.1) is 0 Å². The van der Waals surface area contributed by atoms with Gasteiger partial charge in [0.1, 0.15) is 5.82 Å². The Morgan fingerprint density at radius 2 is 1.80 bits per heavy atom. The number of aromatic amines is 1. The second-order valence-electron chi connectivity index (χ2n) is 7.82. The molecule has 2 aromatic rings. The molecule has 0 saturated carbocycles. The highest BCUT2D eigenvalue weighted by Crippen LogP contribution is 2.25. The smallest absolute Gasteiger partial charge is 0.137 e. The molecule has 0 amide bonds. The fourth-order valence-corrected chi connectivity index (χ4v) is 3.58. The number of H-pyrrole nitrogens is 1. The highest BCUT2D eigenvalue weighted by atomic mass is 15.3. The summed E-state index contributed by atoms with van der Waals surface area (Å²) in [4.78, 5) is 13.3. The van der Waals surface area contributed by atoms with E-state index in [1.54, 1.807) is 0 Å². The van der Waals surface area contributed by atoms with Gasteiger partial charge in [0.15, 0.2) is 0 Å². The molecule has 3 rings (SSSR count). The second-order valence-corrected chi connectivity index (χ2v) is 7.82. The van der Waals surface area contributed by atoms with Crippen LogP contribution in [0.25, 0.3) is 11.4 Å². The van der Waals surface area contributed by atoms with Crippen molar-refractivity contribution < 1.29 is 0 Å². The van der Waals surface area contributed by atoms with Gasteiger partial charge in [-0.2, -0.15) is 0 Å². The molecule has 0 radical (unpaired) electrons. The van der Waals surface area contributed by atoms with Crippen LogP contribution in [0.1, 0.15) is 32.5 Å². The number of hydrogen-bond acceptors (Lipinski definition) is 4. The first-order chi connectivity index (χ1) is 12.0. The average molecular weight is 342 g/mol. The summed E-state index contributed by atoms with van der Waals surface area (Å²) in [7, 11) is 2.02. The van der Waals surface area contributed by atoms with Gasteiger partial charge in [0.05, 0.1) is 17.9 Å². The molecule has 2 heterocycles. The van der Waals surface area contributed by atoms with Crippen LogP contribution in [0.15, 0.2) is 36.5 Å². The van der Waals surface area contributed by atoms with E-state index in [0.29, 0.717) is 6.04 Å². The minimum Gasteiger partial charge on any atom is -0.341 e. The van der Waals surface area contributed by atoms with Crippen molar-refractivity contribution in [2.24, 2.45) is 0 Å². The minimum atomic E-state index is 0.249. The van der Waals surface area contributed by atoms with Gasteiger partial charge in [-0.1, -0.05) is 30.3 Å². The van der Waals surface area contributed by atoms with Crippen LogP contribution in [0, 0.1) is 0 Å². The van der Waals surface area contributed by atoms with Gasteiger partial charge >= 0.3 is 0 Å². The zero-order valence-electron chi connectivity index (χ0n) is 15.9. The summed E-state index contributed by atoms with van der Waals surface area (Å²) in [5.74, 6) is 0.949. The summed E-state index contributed by atoms with van der Waals surface area (Å²) < 4.78 is 0. The van der Waals surface area contributed by atoms with Crippen molar-refractivity contribution in [3.63, 3.8) is 0 Å². The maximum Gasteiger partial charge on any atom is 0.137 e. The van der Waals surface area contributed by atoms with Crippen molar-refractivity contribution in [1.82, 2.24) is 25.1 Å². The van der Waals surface area contributed by atoms with E-state index < -0.39 is 0 Å². The molecule has 25 heavy (non-hydrogen) atoms. The number of piperazine rings is 1. The summed E-state index contributed by atoms with van der Waals surface area (Å²) in [5, 5.41) is 3.35. The van der Waals surface area contributed by atoms with E-state index in [2.05, 4.69) is 58.0 Å². The maximum absolute atomic E-state index is 4.62. The topological polar surface area (TPSA) is 47.2 Å². The fourth-order valence-electron chi connectivity index (χ4n) is 3.58. The quantitative estimate of drug-likeness (QED) is 0.878. The maximum atomic E-state index is 4.62. The second kappa shape index (κ2) is 7.68. The number of aromatic nitrogens is 2. The Balaban J connectivity index is 1.73. The van der Waals surface area contributed by atoms with E-state index in [1.165, 1.54) is 5.69 Å². The Kier molecular flexibility index (Phi) is 5.57. The van der Waals surface area contributed by atoms with E-state index in [-0.39, 0.29) is 5.54 Å². The molecule has 1 aliphatic rings. The number of likely N-dealkylation sites (N-methyl/N-ethyl adjacent to an activating group) is 1. The fraction of sp³-hybridized carbons (Fsp3) is 0.550. The Bertz CT molecular complexity index is 650. The van der Waals surface area contributed by atoms with Crippen molar-refractivity contribution in [2.75, 3.05) is 39.8 Å². The Hall–Kier alpha value is -1.69. The van der Waals surface area contributed by atoms with Crippen LogP contribution in [-0.4, -0.2) is 65.1 Å². The number of hydrogen-bond donors (Lipinski definition) is 2. The Morgan fingerprint density at radius 1 is 1.12 bits per heavy atom. The molecule has 1 fully saturated rings. The Labute approximate surface area is 151 Å². The lowest BCUT2D eigenvalue weighted by atomic mass is 10.0. The lowest BCUT2D eigenvalue weighted by molar-refractivity contribution is 0.0411. The van der Waals surface area contributed by atoms with Crippen molar-refractivity contribution in [2.45, 2.75) is 32.4 Å². The normalized spacial score (nSPS) is 18.4. The summed E-state index contributed by atoms with van der Waals surface area (Å²) in [5.41, 5.74) is 2.57. The minimum absolute atomic E-state index is 0.249. The van der Waals surface area contributed by atoms with Gasteiger partial charge in [0.2, 0.25) is 0 Å². The molecule has 2 N–H and O–H groups in total. The third kappa shape index (κ3) is 4.29. The summed E-state index contributed by atoms with van der Waals surface area (Å²) in [6, 6.07) is 10.7. The zero-order chi connectivity index (χ0) is 17.9. The van der Waals surface area contributed by atoms with Crippen LogP contribution in [-0.2, 0) is 0 Å². The molecule has 136 valence electrons. The first-order valence-corrected chi connectivity index (χ1v) is 9.23. The number of imidazole rings is 1. The van der Waals surface area contributed by atoms with Crippen LogP contribution >= 0.6 is 0 Å². The van der Waals surface area contributed by atoms with Crippen LogP contribution in [0.4, 0.5) is 0 Å². The van der Waals surface area contributed by atoms with Gasteiger partial charge in [0.25, 0.3) is 0 Å². The molecule has 0 bridgehead atoms. The number of nitrogens with one attached hydrogen (secondary N) is 2. The molecule has 1 atom stereocenters. The molecular formula is C20H31N5. The molecule has 0 aliphatic carbocycles. The van der Waals surface area contributed by atoms with E-state index in [4.69, 9.17) is 0 Å². The first kappa shape index (κ1) is 18.1. The molecule has 5 heteroatoms. The van der Waals surface area contributed by atoms with Gasteiger partial charge < -0.3 is 10.3 Å². The van der Waals surface area contributed by atoms with Crippen molar-refractivity contribution >= 4 is 0 Å². The van der Waals surface area contributed by atoms with Crippen LogP contribution < -0.4 is 5.32 Å². The predicted molar refractivity (Wildman–Crippen MR) is 104 cm³/mol. The third-order valence-electron chi connectivity index (χ3n) is 5.10. The van der Waals surface area contributed by atoms with Gasteiger partial charge in [-0.05, 0) is 27.8 Å². The van der Waals surface area contributed by atoms with Crippen LogP contribution in [0.3, 0.4) is 0 Å². The highest BCUT2D eigenvalue weighted by Gasteiger charge is 2.30. The predicted octanol–water partition coefficient (Wildman–Crippen LogP) is 2.75. The SMILES string of the molecule is CNCC(c1cnc(-c2ccccc2)[nH]1)N1CCN(C(C)(C)C)CC1. The number of nitrogens with zero attached hydrogens (tertiary/aromatic N) is 3. The monoisotopic (exact) mass is 341 g/mol. The molecule has 1 aromatic heterocycles. The van der Waals surface area contributed by atoms with Gasteiger partial charge in [-0.25, -0.2) is 4.98 Å². The van der Waals surface area contributed by atoms with Crippen molar-refractivity contribution in [1.29, 1.82) is 0 Å². The standard InChI is InChI=1S/C20H31N5/c1-20(2,3)25-12-10-24(11-13-25)18(15-21-4)17-14-22-19(23-17)16-8-6-5-7-9-16/h5-9,14,18,21H,10-13,15H2,1-4H3,(H,22,23). The van der Waals surface area contributed by atoms with Crippen molar-refractivity contribution in [3.05, 3.63) is 42.2 Å². The molecule has 1 aliphatic heterocycles. The molecular weight excluding hydrogens is 310 g/mol. The average Bonchev–Trinajstić information content (AvgIpc) is 3.09.